The third-order valence-corrected chi connectivity index (χ3v) is 5.72. The van der Waals surface area contributed by atoms with Crippen LogP contribution in [0.25, 0.3) is 17.1 Å². The van der Waals surface area contributed by atoms with Crippen LogP contribution in [0, 0.1) is 26.6 Å². The highest BCUT2D eigenvalue weighted by Gasteiger charge is 2.19. The van der Waals surface area contributed by atoms with E-state index in [1.54, 1.807) is 13.0 Å². The van der Waals surface area contributed by atoms with Gasteiger partial charge < -0.3 is 8.98 Å². The van der Waals surface area contributed by atoms with Crippen molar-refractivity contribution in [1.29, 1.82) is 0 Å². The average Bonchev–Trinajstić information content (AvgIpc) is 3.33. The molecule has 0 amide bonds. The van der Waals surface area contributed by atoms with Gasteiger partial charge in [-0.15, -0.1) is 10.2 Å². The molecule has 2 aromatic heterocycles. The minimum absolute atomic E-state index is 0.0496. The first kappa shape index (κ1) is 20.1. The maximum absolute atomic E-state index is 14.0. The maximum atomic E-state index is 14.0. The van der Waals surface area contributed by atoms with Gasteiger partial charge >= 0.3 is 0 Å². The largest absolute Gasteiger partial charge is 0.411 e. The lowest BCUT2D eigenvalue weighted by atomic mass is 10.2. The average molecular weight is 421 g/mol. The summed E-state index contributed by atoms with van der Waals surface area (Å²) in [4.78, 5) is 12.8. The third-order valence-electron chi connectivity index (χ3n) is 4.90. The van der Waals surface area contributed by atoms with Crippen LogP contribution in [0.1, 0.15) is 27.3 Å². The number of halogens is 1. The zero-order valence-corrected chi connectivity index (χ0v) is 17.7. The van der Waals surface area contributed by atoms with Crippen molar-refractivity contribution >= 4 is 17.5 Å². The van der Waals surface area contributed by atoms with Gasteiger partial charge in [-0.1, -0.05) is 36.0 Å². The minimum atomic E-state index is -0.269. The normalized spacial score (nSPS) is 11.1. The molecule has 7 heteroatoms. The Balaban J connectivity index is 1.51. The van der Waals surface area contributed by atoms with Crippen molar-refractivity contribution in [2.75, 3.05) is 5.75 Å². The van der Waals surface area contributed by atoms with Crippen molar-refractivity contribution < 1.29 is 13.6 Å². The zero-order valence-electron chi connectivity index (χ0n) is 16.8. The molecule has 2 heterocycles. The molecule has 0 spiro atoms. The summed E-state index contributed by atoms with van der Waals surface area (Å²) in [6.07, 6.45) is 0. The molecule has 0 bridgehead atoms. The predicted molar refractivity (Wildman–Crippen MR) is 115 cm³/mol. The number of rotatable bonds is 6. The van der Waals surface area contributed by atoms with E-state index in [1.807, 2.05) is 60.9 Å². The molecule has 0 fully saturated rings. The van der Waals surface area contributed by atoms with E-state index in [9.17, 15) is 9.18 Å². The van der Waals surface area contributed by atoms with Crippen LogP contribution < -0.4 is 0 Å². The highest BCUT2D eigenvalue weighted by Crippen LogP contribution is 2.26. The molecule has 2 aromatic carbocycles. The summed E-state index contributed by atoms with van der Waals surface area (Å²) in [5.41, 5.74) is 4.36. The van der Waals surface area contributed by atoms with E-state index >= 15 is 0 Å². The summed E-state index contributed by atoms with van der Waals surface area (Å²) in [5, 5.41) is 8.40. The molecule has 0 aliphatic carbocycles. The van der Waals surface area contributed by atoms with Crippen LogP contribution in [-0.4, -0.2) is 26.3 Å². The summed E-state index contributed by atoms with van der Waals surface area (Å²) in [6, 6.07) is 16.4. The lowest BCUT2D eigenvalue weighted by Crippen LogP contribution is -2.06. The van der Waals surface area contributed by atoms with Crippen LogP contribution in [-0.2, 0) is 0 Å². The molecule has 0 saturated carbocycles. The maximum Gasteiger partial charge on any atom is 0.277 e. The Kier molecular flexibility index (Phi) is 5.55. The summed E-state index contributed by atoms with van der Waals surface area (Å²) in [5.74, 6) is 0.272. The highest BCUT2D eigenvalue weighted by molar-refractivity contribution is 7.99. The van der Waals surface area contributed by atoms with E-state index in [-0.39, 0.29) is 17.4 Å². The van der Waals surface area contributed by atoms with E-state index in [0.717, 1.165) is 17.0 Å². The molecule has 0 aliphatic rings. The number of thioether (sulfide) groups is 1. The first-order valence-electron chi connectivity index (χ1n) is 9.44. The van der Waals surface area contributed by atoms with E-state index in [0.29, 0.717) is 27.9 Å². The summed E-state index contributed by atoms with van der Waals surface area (Å²) in [7, 11) is 0. The molecule has 0 aliphatic heterocycles. The second-order valence-corrected chi connectivity index (χ2v) is 7.93. The number of nitrogens with zero attached hydrogens (tertiary/aromatic N) is 3. The molecule has 0 radical (unpaired) electrons. The molecule has 30 heavy (non-hydrogen) atoms. The monoisotopic (exact) mass is 421 g/mol. The van der Waals surface area contributed by atoms with Gasteiger partial charge in [0.25, 0.3) is 5.22 Å². The molecule has 4 rings (SSSR count). The minimum Gasteiger partial charge on any atom is -0.411 e. The van der Waals surface area contributed by atoms with Gasteiger partial charge in [0.05, 0.1) is 5.75 Å². The quantitative estimate of drug-likeness (QED) is 0.301. The topological polar surface area (TPSA) is 60.9 Å². The van der Waals surface area contributed by atoms with Gasteiger partial charge in [-0.25, -0.2) is 4.39 Å². The van der Waals surface area contributed by atoms with E-state index in [1.165, 1.54) is 17.8 Å². The Hall–Kier alpha value is -3.19. The van der Waals surface area contributed by atoms with Gasteiger partial charge in [0.15, 0.2) is 5.78 Å². The van der Waals surface area contributed by atoms with Gasteiger partial charge in [0.2, 0.25) is 5.89 Å². The molecule has 0 N–H and O–H groups in total. The number of ketones is 1. The van der Waals surface area contributed by atoms with Crippen molar-refractivity contribution in [2.45, 2.75) is 26.0 Å². The van der Waals surface area contributed by atoms with Crippen LogP contribution in [0.3, 0.4) is 0 Å². The molecule has 0 saturated heterocycles. The third kappa shape index (κ3) is 3.93. The second kappa shape index (κ2) is 8.28. The van der Waals surface area contributed by atoms with Gasteiger partial charge in [0, 0.05) is 28.2 Å². The van der Waals surface area contributed by atoms with E-state index in [4.69, 9.17) is 4.42 Å². The molecular weight excluding hydrogens is 401 g/mol. The Morgan fingerprint density at radius 1 is 1.07 bits per heavy atom. The first-order valence-corrected chi connectivity index (χ1v) is 10.4. The molecule has 152 valence electrons. The molecular formula is C23H20FN3O2S. The van der Waals surface area contributed by atoms with Crippen LogP contribution >= 0.6 is 11.8 Å². The number of benzene rings is 2. The second-order valence-electron chi connectivity index (χ2n) is 7.00. The van der Waals surface area contributed by atoms with Crippen molar-refractivity contribution in [3.63, 3.8) is 0 Å². The number of carbonyl (C=O) groups excluding carboxylic acids is 1. The van der Waals surface area contributed by atoms with Crippen molar-refractivity contribution in [1.82, 2.24) is 14.8 Å². The Morgan fingerprint density at radius 2 is 1.83 bits per heavy atom. The fraction of sp³-hybridized carbons (Fsp3) is 0.174. The summed E-state index contributed by atoms with van der Waals surface area (Å²) >= 11 is 1.20. The van der Waals surface area contributed by atoms with Gasteiger partial charge in [0.1, 0.15) is 5.82 Å². The van der Waals surface area contributed by atoms with Crippen LogP contribution in [0.2, 0.25) is 0 Å². The highest BCUT2D eigenvalue weighted by atomic mass is 32.2. The molecule has 0 atom stereocenters. The van der Waals surface area contributed by atoms with Crippen molar-refractivity contribution in [2.24, 2.45) is 0 Å². The predicted octanol–water partition coefficient (Wildman–Crippen LogP) is 5.57. The first-order chi connectivity index (χ1) is 14.4. The van der Waals surface area contributed by atoms with Crippen LogP contribution in [0.5, 0.6) is 0 Å². The molecule has 0 unspecified atom stereocenters. The van der Waals surface area contributed by atoms with Gasteiger partial charge in [-0.05, 0) is 56.7 Å². The Bertz CT molecular complexity index is 1210. The van der Waals surface area contributed by atoms with Crippen molar-refractivity contribution in [3.8, 4) is 17.1 Å². The van der Waals surface area contributed by atoms with E-state index in [2.05, 4.69) is 10.2 Å². The van der Waals surface area contributed by atoms with Gasteiger partial charge in [-0.3, -0.25) is 4.79 Å². The molecule has 4 aromatic rings. The van der Waals surface area contributed by atoms with Crippen LogP contribution in [0.4, 0.5) is 4.39 Å². The number of Topliss-reactive ketones (excluding diaryl/α,β-unsaturated/α-hetero) is 1. The number of hydrogen-bond donors (Lipinski definition) is 0. The lowest BCUT2D eigenvalue weighted by molar-refractivity contribution is 0.102. The SMILES string of the molecule is Cc1ccc(-n2c(C)cc(C(=O)CSc3nnc(-c4ccccc4)o3)c2C)cc1F. The summed E-state index contributed by atoms with van der Waals surface area (Å²) in [6.45, 7) is 5.49. The summed E-state index contributed by atoms with van der Waals surface area (Å²) < 4.78 is 21.6. The Morgan fingerprint density at radius 3 is 2.57 bits per heavy atom. The fourth-order valence-electron chi connectivity index (χ4n) is 3.33. The number of hydrogen-bond acceptors (Lipinski definition) is 5. The van der Waals surface area contributed by atoms with Crippen molar-refractivity contribution in [3.05, 3.63) is 82.9 Å². The smallest absolute Gasteiger partial charge is 0.277 e. The number of carbonyl (C=O) groups is 1. The molecule has 5 nitrogen and oxygen atoms in total. The number of aromatic nitrogens is 3. The fourth-order valence-corrected chi connectivity index (χ4v) is 3.98. The zero-order chi connectivity index (χ0) is 21.3. The standard InChI is InChI=1S/C23H20FN3O2S/c1-14-9-10-18(12-20(14)24)27-15(2)11-19(16(27)3)21(28)13-30-23-26-25-22(29-23)17-7-5-4-6-8-17/h4-12H,13H2,1-3H3. The Labute approximate surface area is 177 Å². The van der Waals surface area contributed by atoms with Crippen LogP contribution in [0.15, 0.2) is 64.2 Å². The van der Waals surface area contributed by atoms with Gasteiger partial charge in [-0.2, -0.15) is 0 Å². The lowest BCUT2D eigenvalue weighted by Gasteiger charge is -2.11. The number of aryl methyl sites for hydroxylation is 2. The van der Waals surface area contributed by atoms with E-state index < -0.39 is 0 Å².